The predicted octanol–water partition coefficient (Wildman–Crippen LogP) is 3.01. The monoisotopic (exact) mass is 243 g/mol. The Hall–Kier alpha value is -1.61. The molecule has 0 amide bonds. The van der Waals surface area contributed by atoms with Crippen molar-refractivity contribution in [3.63, 3.8) is 0 Å². The van der Waals surface area contributed by atoms with Gasteiger partial charge in [0.15, 0.2) is 0 Å². The van der Waals surface area contributed by atoms with E-state index in [-0.39, 0.29) is 0 Å². The van der Waals surface area contributed by atoms with Crippen LogP contribution < -0.4 is 5.32 Å². The smallest absolute Gasteiger partial charge is 0.0560 e. The number of benzene rings is 1. The van der Waals surface area contributed by atoms with Crippen molar-refractivity contribution in [2.24, 2.45) is 0 Å². The van der Waals surface area contributed by atoms with E-state index < -0.39 is 0 Å². The summed E-state index contributed by atoms with van der Waals surface area (Å²) in [6.07, 6.45) is 4.91. The van der Waals surface area contributed by atoms with Crippen molar-refractivity contribution in [3.8, 4) is 0 Å². The average Bonchev–Trinajstić information content (AvgIpc) is 2.90. The minimum atomic E-state index is 0.398. The highest BCUT2D eigenvalue weighted by Gasteiger charge is 2.12. The van der Waals surface area contributed by atoms with Crippen molar-refractivity contribution in [2.75, 3.05) is 0 Å². The summed E-state index contributed by atoms with van der Waals surface area (Å²) in [7, 11) is 0. The Labute approximate surface area is 109 Å². The van der Waals surface area contributed by atoms with Gasteiger partial charge in [-0.25, -0.2) is 0 Å². The summed E-state index contributed by atoms with van der Waals surface area (Å²) in [5.74, 6) is 0. The van der Waals surface area contributed by atoms with Gasteiger partial charge in [-0.2, -0.15) is 5.10 Å². The highest BCUT2D eigenvalue weighted by molar-refractivity contribution is 5.18. The second kappa shape index (κ2) is 6.36. The third-order valence-electron chi connectivity index (χ3n) is 3.12. The quantitative estimate of drug-likeness (QED) is 0.845. The first kappa shape index (κ1) is 12.8. The zero-order valence-electron chi connectivity index (χ0n) is 11.1. The predicted molar refractivity (Wildman–Crippen MR) is 74.3 cm³/mol. The average molecular weight is 243 g/mol. The Kier molecular flexibility index (Phi) is 4.53. The Morgan fingerprint density at radius 1 is 1.22 bits per heavy atom. The first-order valence-corrected chi connectivity index (χ1v) is 6.58. The summed E-state index contributed by atoms with van der Waals surface area (Å²) in [4.78, 5) is 0. The lowest BCUT2D eigenvalue weighted by atomic mass is 10.0. The fourth-order valence-electron chi connectivity index (χ4n) is 2.22. The SMILES string of the molecule is CC[C@H](N[C@H](C)Cn1cccn1)c1ccccc1. The van der Waals surface area contributed by atoms with E-state index in [0.717, 1.165) is 13.0 Å². The van der Waals surface area contributed by atoms with Gasteiger partial charge in [0, 0.05) is 24.5 Å². The van der Waals surface area contributed by atoms with E-state index in [2.05, 4.69) is 54.6 Å². The van der Waals surface area contributed by atoms with Crippen LogP contribution in [0, 0.1) is 0 Å². The molecule has 18 heavy (non-hydrogen) atoms. The van der Waals surface area contributed by atoms with Gasteiger partial charge in [0.05, 0.1) is 6.54 Å². The topological polar surface area (TPSA) is 29.9 Å². The molecule has 1 aromatic carbocycles. The highest BCUT2D eigenvalue weighted by atomic mass is 15.3. The van der Waals surface area contributed by atoms with E-state index in [1.165, 1.54) is 5.56 Å². The third-order valence-corrected chi connectivity index (χ3v) is 3.12. The van der Waals surface area contributed by atoms with Gasteiger partial charge >= 0.3 is 0 Å². The fourth-order valence-corrected chi connectivity index (χ4v) is 2.22. The van der Waals surface area contributed by atoms with Crippen molar-refractivity contribution in [1.29, 1.82) is 0 Å². The van der Waals surface area contributed by atoms with Crippen molar-refractivity contribution in [2.45, 2.75) is 38.9 Å². The first-order chi connectivity index (χ1) is 8.79. The van der Waals surface area contributed by atoms with Gasteiger partial charge in [-0.3, -0.25) is 4.68 Å². The summed E-state index contributed by atoms with van der Waals surface area (Å²) < 4.78 is 1.97. The van der Waals surface area contributed by atoms with Crippen molar-refractivity contribution in [3.05, 3.63) is 54.4 Å². The molecule has 0 aliphatic carbocycles. The molecule has 3 heteroatoms. The van der Waals surface area contributed by atoms with Crippen LogP contribution in [0.25, 0.3) is 0 Å². The first-order valence-electron chi connectivity index (χ1n) is 6.58. The molecule has 2 aromatic rings. The summed E-state index contributed by atoms with van der Waals surface area (Å²) in [6.45, 7) is 5.31. The summed E-state index contributed by atoms with van der Waals surface area (Å²) in [6, 6.07) is 13.4. The Balaban J connectivity index is 1.94. The lowest BCUT2D eigenvalue weighted by Crippen LogP contribution is -2.33. The molecule has 0 radical (unpaired) electrons. The van der Waals surface area contributed by atoms with Crippen LogP contribution in [0.1, 0.15) is 31.9 Å². The maximum absolute atomic E-state index is 4.24. The van der Waals surface area contributed by atoms with Crippen molar-refractivity contribution in [1.82, 2.24) is 15.1 Å². The van der Waals surface area contributed by atoms with E-state index >= 15 is 0 Å². The normalized spacial score (nSPS) is 14.3. The second-order valence-electron chi connectivity index (χ2n) is 4.67. The molecule has 0 spiro atoms. The minimum absolute atomic E-state index is 0.398. The van der Waals surface area contributed by atoms with E-state index in [4.69, 9.17) is 0 Å². The van der Waals surface area contributed by atoms with Gasteiger partial charge in [-0.1, -0.05) is 37.3 Å². The van der Waals surface area contributed by atoms with Crippen LogP contribution in [0.15, 0.2) is 48.8 Å². The molecular weight excluding hydrogens is 222 g/mol. The maximum Gasteiger partial charge on any atom is 0.0560 e. The minimum Gasteiger partial charge on any atom is -0.306 e. The molecule has 0 saturated heterocycles. The van der Waals surface area contributed by atoms with Gasteiger partial charge < -0.3 is 5.32 Å². The van der Waals surface area contributed by atoms with Crippen LogP contribution in [0.3, 0.4) is 0 Å². The number of aromatic nitrogens is 2. The largest absolute Gasteiger partial charge is 0.306 e. The van der Waals surface area contributed by atoms with Crippen molar-refractivity contribution >= 4 is 0 Å². The lowest BCUT2D eigenvalue weighted by molar-refractivity contribution is 0.393. The molecule has 2 rings (SSSR count). The molecule has 0 bridgehead atoms. The van der Waals surface area contributed by atoms with Crippen LogP contribution in [0.4, 0.5) is 0 Å². The van der Waals surface area contributed by atoms with Crippen molar-refractivity contribution < 1.29 is 0 Å². The van der Waals surface area contributed by atoms with Crippen LogP contribution in [-0.4, -0.2) is 15.8 Å². The molecule has 0 aliphatic rings. The number of nitrogens with zero attached hydrogens (tertiary/aromatic N) is 2. The molecular formula is C15H21N3. The van der Waals surface area contributed by atoms with Crippen LogP contribution >= 0.6 is 0 Å². The van der Waals surface area contributed by atoms with Gasteiger partial charge in [-0.05, 0) is 25.0 Å². The number of rotatable bonds is 6. The summed E-state index contributed by atoms with van der Waals surface area (Å²) >= 11 is 0. The van der Waals surface area contributed by atoms with Gasteiger partial charge in [-0.15, -0.1) is 0 Å². The summed E-state index contributed by atoms with van der Waals surface area (Å²) in [5, 5.41) is 7.90. The van der Waals surface area contributed by atoms with Crippen LogP contribution in [0.5, 0.6) is 0 Å². The Morgan fingerprint density at radius 3 is 2.61 bits per heavy atom. The van der Waals surface area contributed by atoms with Crippen LogP contribution in [0.2, 0.25) is 0 Å². The molecule has 0 aliphatic heterocycles. The molecule has 2 atom stereocenters. The van der Waals surface area contributed by atoms with E-state index in [9.17, 15) is 0 Å². The number of hydrogen-bond donors (Lipinski definition) is 1. The molecule has 0 unspecified atom stereocenters. The van der Waals surface area contributed by atoms with E-state index in [0.29, 0.717) is 12.1 Å². The zero-order chi connectivity index (χ0) is 12.8. The molecule has 3 nitrogen and oxygen atoms in total. The second-order valence-corrected chi connectivity index (χ2v) is 4.67. The Morgan fingerprint density at radius 2 is 2.00 bits per heavy atom. The van der Waals surface area contributed by atoms with Crippen LogP contribution in [-0.2, 0) is 6.54 Å². The molecule has 1 aromatic heterocycles. The molecule has 0 fully saturated rings. The molecule has 1 heterocycles. The standard InChI is InChI=1S/C15H21N3/c1-3-15(14-8-5-4-6-9-14)17-13(2)12-18-11-7-10-16-18/h4-11,13,15,17H,3,12H2,1-2H3/t13-,15+/m1/s1. The lowest BCUT2D eigenvalue weighted by Gasteiger charge is -2.22. The molecule has 0 saturated carbocycles. The number of hydrogen-bond acceptors (Lipinski definition) is 2. The molecule has 1 N–H and O–H groups in total. The van der Waals surface area contributed by atoms with E-state index in [1.54, 1.807) is 0 Å². The maximum atomic E-state index is 4.24. The number of nitrogens with one attached hydrogen (secondary N) is 1. The Bertz CT molecular complexity index is 436. The van der Waals surface area contributed by atoms with Gasteiger partial charge in [0.25, 0.3) is 0 Å². The highest BCUT2D eigenvalue weighted by Crippen LogP contribution is 2.16. The third kappa shape index (κ3) is 3.44. The van der Waals surface area contributed by atoms with E-state index in [1.807, 2.05) is 23.1 Å². The zero-order valence-corrected chi connectivity index (χ0v) is 11.1. The molecule has 96 valence electrons. The summed E-state index contributed by atoms with van der Waals surface area (Å²) in [5.41, 5.74) is 1.35. The van der Waals surface area contributed by atoms with Gasteiger partial charge in [0.2, 0.25) is 0 Å². The fraction of sp³-hybridized carbons (Fsp3) is 0.400. The van der Waals surface area contributed by atoms with Gasteiger partial charge in [0.1, 0.15) is 0 Å².